The Labute approximate surface area is 149 Å². The van der Waals surface area contributed by atoms with Gasteiger partial charge in [0, 0.05) is 5.02 Å². The Morgan fingerprint density at radius 1 is 1.12 bits per heavy atom. The molecule has 1 heterocycles. The summed E-state index contributed by atoms with van der Waals surface area (Å²) in [6.07, 6.45) is 0. The first-order chi connectivity index (χ1) is 12.2. The van der Waals surface area contributed by atoms with Gasteiger partial charge in [-0.05, 0) is 48.5 Å². The Morgan fingerprint density at radius 2 is 1.88 bits per heavy atom. The maximum Gasteiger partial charge on any atom is 0.291 e. The van der Waals surface area contributed by atoms with Gasteiger partial charge in [-0.3, -0.25) is 4.79 Å². The van der Waals surface area contributed by atoms with E-state index in [4.69, 9.17) is 26.0 Å². The molecule has 3 rings (SSSR count). The van der Waals surface area contributed by atoms with Gasteiger partial charge >= 0.3 is 0 Å². The van der Waals surface area contributed by atoms with Crippen LogP contribution in [0.2, 0.25) is 5.02 Å². The minimum Gasteiger partial charge on any atom is -0.486 e. The number of carbonyl (C=O) groups is 1. The lowest BCUT2D eigenvalue weighted by Gasteiger charge is -2.05. The summed E-state index contributed by atoms with van der Waals surface area (Å²) in [5.74, 6) is 0.867. The van der Waals surface area contributed by atoms with Crippen molar-refractivity contribution in [3.63, 3.8) is 0 Å². The molecule has 1 N–H and O–H groups in total. The number of halogens is 1. The minimum atomic E-state index is -0.430. The van der Waals surface area contributed by atoms with Gasteiger partial charge < -0.3 is 14.5 Å². The Kier molecular flexibility index (Phi) is 5.03. The van der Waals surface area contributed by atoms with Gasteiger partial charge in [-0.15, -0.1) is 0 Å². The molecule has 25 heavy (non-hydrogen) atoms. The molecule has 0 aliphatic rings. The molecule has 124 valence electrons. The van der Waals surface area contributed by atoms with E-state index in [0.29, 0.717) is 27.8 Å². The average molecular weight is 353 g/mol. The van der Waals surface area contributed by atoms with Crippen molar-refractivity contribution in [3.8, 4) is 11.8 Å². The second-order valence-electron chi connectivity index (χ2n) is 5.12. The Bertz CT molecular complexity index is 926. The summed E-state index contributed by atoms with van der Waals surface area (Å²) in [6.45, 7) is 0.184. The van der Waals surface area contributed by atoms with Crippen molar-refractivity contribution < 1.29 is 13.9 Å². The fraction of sp³-hybridized carbons (Fsp3) is 0.0526. The van der Waals surface area contributed by atoms with Gasteiger partial charge in [0.15, 0.2) is 5.76 Å². The van der Waals surface area contributed by atoms with Crippen LogP contribution in [0.1, 0.15) is 21.9 Å². The number of furan rings is 1. The molecule has 0 saturated carbocycles. The lowest BCUT2D eigenvalue weighted by atomic mass is 10.2. The summed E-state index contributed by atoms with van der Waals surface area (Å²) in [5.41, 5.74) is 0.819. The van der Waals surface area contributed by atoms with Gasteiger partial charge in [-0.2, -0.15) is 5.26 Å². The zero-order valence-corrected chi connectivity index (χ0v) is 13.8. The Balaban J connectivity index is 1.63. The van der Waals surface area contributed by atoms with E-state index in [-0.39, 0.29) is 12.4 Å². The molecule has 0 radical (unpaired) electrons. The van der Waals surface area contributed by atoms with Crippen molar-refractivity contribution in [2.45, 2.75) is 6.61 Å². The van der Waals surface area contributed by atoms with Crippen molar-refractivity contribution in [3.05, 3.63) is 82.8 Å². The summed E-state index contributed by atoms with van der Waals surface area (Å²) < 4.78 is 11.1. The summed E-state index contributed by atoms with van der Waals surface area (Å²) >= 11 is 5.82. The first kappa shape index (κ1) is 16.6. The molecular formula is C19H13ClN2O3. The molecule has 1 amide bonds. The summed E-state index contributed by atoms with van der Waals surface area (Å²) in [6, 6.07) is 19.0. The highest BCUT2D eigenvalue weighted by atomic mass is 35.5. The van der Waals surface area contributed by atoms with Crippen molar-refractivity contribution in [1.29, 1.82) is 5.26 Å². The van der Waals surface area contributed by atoms with Gasteiger partial charge in [0.1, 0.15) is 24.2 Å². The third-order valence-corrected chi connectivity index (χ3v) is 3.63. The number of ether oxygens (including phenoxy) is 1. The lowest BCUT2D eigenvalue weighted by molar-refractivity contribution is 0.0992. The molecule has 0 atom stereocenters. The van der Waals surface area contributed by atoms with Crippen molar-refractivity contribution >= 4 is 23.2 Å². The molecule has 0 spiro atoms. The van der Waals surface area contributed by atoms with Crippen LogP contribution in [-0.4, -0.2) is 5.91 Å². The predicted molar refractivity (Wildman–Crippen MR) is 93.6 cm³/mol. The third-order valence-electron chi connectivity index (χ3n) is 3.38. The van der Waals surface area contributed by atoms with Gasteiger partial charge in [0.25, 0.3) is 5.91 Å². The molecule has 3 aromatic rings. The summed E-state index contributed by atoms with van der Waals surface area (Å²) in [5, 5.41) is 12.3. The number of anilines is 1. The van der Waals surface area contributed by atoms with Gasteiger partial charge in [0.05, 0.1) is 11.3 Å². The van der Waals surface area contributed by atoms with Crippen LogP contribution < -0.4 is 10.1 Å². The minimum absolute atomic E-state index is 0.141. The van der Waals surface area contributed by atoms with Crippen LogP contribution in [0, 0.1) is 11.3 Å². The highest BCUT2D eigenvalue weighted by Gasteiger charge is 2.13. The maximum absolute atomic E-state index is 12.2. The average Bonchev–Trinajstić information content (AvgIpc) is 3.11. The third kappa shape index (κ3) is 4.19. The fourth-order valence-electron chi connectivity index (χ4n) is 2.14. The molecule has 0 fully saturated rings. The second kappa shape index (κ2) is 7.56. The number of rotatable bonds is 5. The molecular weight excluding hydrogens is 340 g/mol. The molecule has 0 aliphatic heterocycles. The first-order valence-corrected chi connectivity index (χ1v) is 7.81. The SMILES string of the molecule is N#Cc1ccccc1NC(=O)c1ccc(COc2ccc(Cl)cc2)o1. The number of hydrogen-bond acceptors (Lipinski definition) is 4. The molecule has 1 aromatic heterocycles. The van der Waals surface area contributed by atoms with E-state index >= 15 is 0 Å². The number of carbonyl (C=O) groups excluding carboxylic acids is 1. The molecule has 2 aromatic carbocycles. The van der Waals surface area contributed by atoms with Crippen LogP contribution in [0.5, 0.6) is 5.75 Å². The number of nitrogens with zero attached hydrogens (tertiary/aromatic N) is 1. The monoisotopic (exact) mass is 352 g/mol. The standard InChI is InChI=1S/C19H13ClN2O3/c20-14-5-7-15(8-6-14)24-12-16-9-10-18(25-16)19(23)22-17-4-2-1-3-13(17)11-21/h1-10H,12H2,(H,22,23). The van der Waals surface area contributed by atoms with Crippen LogP contribution in [-0.2, 0) is 6.61 Å². The Morgan fingerprint density at radius 3 is 2.64 bits per heavy atom. The van der Waals surface area contributed by atoms with Crippen molar-refractivity contribution in [2.24, 2.45) is 0 Å². The second-order valence-corrected chi connectivity index (χ2v) is 5.56. The molecule has 5 nitrogen and oxygen atoms in total. The topological polar surface area (TPSA) is 75.3 Å². The van der Waals surface area contributed by atoms with E-state index in [1.54, 1.807) is 60.7 Å². The first-order valence-electron chi connectivity index (χ1n) is 7.43. The number of benzene rings is 2. The van der Waals surface area contributed by atoms with Gasteiger partial charge in [0.2, 0.25) is 0 Å². The summed E-state index contributed by atoms with van der Waals surface area (Å²) in [4.78, 5) is 12.2. The molecule has 0 saturated heterocycles. The van der Waals surface area contributed by atoms with Crippen LogP contribution in [0.25, 0.3) is 0 Å². The number of nitrogens with one attached hydrogen (secondary N) is 1. The van der Waals surface area contributed by atoms with E-state index in [0.717, 1.165) is 0 Å². The van der Waals surface area contributed by atoms with Crippen molar-refractivity contribution in [1.82, 2.24) is 0 Å². The molecule has 0 aliphatic carbocycles. The molecule has 0 bridgehead atoms. The van der Waals surface area contributed by atoms with Crippen LogP contribution in [0.4, 0.5) is 5.69 Å². The van der Waals surface area contributed by atoms with Gasteiger partial charge in [-0.25, -0.2) is 0 Å². The van der Waals surface area contributed by atoms with E-state index in [2.05, 4.69) is 5.32 Å². The number of amides is 1. The number of hydrogen-bond donors (Lipinski definition) is 1. The largest absolute Gasteiger partial charge is 0.486 e. The highest BCUT2D eigenvalue weighted by Crippen LogP contribution is 2.19. The van der Waals surface area contributed by atoms with E-state index in [1.807, 2.05) is 6.07 Å². The van der Waals surface area contributed by atoms with Crippen LogP contribution >= 0.6 is 11.6 Å². The molecule has 0 unspecified atom stereocenters. The maximum atomic E-state index is 12.2. The smallest absolute Gasteiger partial charge is 0.291 e. The van der Waals surface area contributed by atoms with E-state index in [9.17, 15) is 4.79 Å². The number of nitriles is 1. The zero-order chi connectivity index (χ0) is 17.6. The van der Waals surface area contributed by atoms with E-state index in [1.165, 1.54) is 0 Å². The predicted octanol–water partition coefficient (Wildman–Crippen LogP) is 4.64. The quantitative estimate of drug-likeness (QED) is 0.726. The lowest BCUT2D eigenvalue weighted by Crippen LogP contribution is -2.11. The highest BCUT2D eigenvalue weighted by molar-refractivity contribution is 6.30. The van der Waals surface area contributed by atoms with Crippen LogP contribution in [0.3, 0.4) is 0 Å². The molecule has 6 heteroatoms. The van der Waals surface area contributed by atoms with Crippen molar-refractivity contribution in [2.75, 3.05) is 5.32 Å². The zero-order valence-electron chi connectivity index (χ0n) is 13.0. The normalized spacial score (nSPS) is 10.1. The van der Waals surface area contributed by atoms with E-state index < -0.39 is 5.91 Å². The summed E-state index contributed by atoms with van der Waals surface area (Å²) in [7, 11) is 0. The van der Waals surface area contributed by atoms with Gasteiger partial charge in [-0.1, -0.05) is 23.7 Å². The Hall–Kier alpha value is -3.23. The fourth-order valence-corrected chi connectivity index (χ4v) is 2.26. The number of para-hydroxylation sites is 1. The van der Waals surface area contributed by atoms with Crippen LogP contribution in [0.15, 0.2) is 65.1 Å².